The summed E-state index contributed by atoms with van der Waals surface area (Å²) < 4.78 is 27.6. The lowest BCUT2D eigenvalue weighted by atomic mass is 10.2. The Morgan fingerprint density at radius 3 is 2.57 bits per heavy atom. The molecule has 2 N–H and O–H groups in total. The molecule has 21 heavy (non-hydrogen) atoms. The quantitative estimate of drug-likeness (QED) is 0.818. The fourth-order valence-corrected chi connectivity index (χ4v) is 4.60. The summed E-state index contributed by atoms with van der Waals surface area (Å²) in [6.45, 7) is 1.96. The Labute approximate surface area is 134 Å². The molecule has 0 aliphatic rings. The number of anilines is 1. The molecular weight excluding hydrogens is 378 g/mol. The fraction of sp³-hybridized carbons (Fsp3) is 0.154. The predicted octanol–water partition coefficient (Wildman–Crippen LogP) is 3.57. The number of carboxylic acid groups (broad SMARTS) is 1. The standard InChI is InChI=1S/C13H12BrNO4S2/c1-2-9-4-6-12(20-9)21(18,19)15-11-5-3-8(13(16)17)7-10(11)14/h3-7,15H,2H2,1H3,(H,16,17). The van der Waals surface area contributed by atoms with Crippen LogP contribution in [0, 0.1) is 0 Å². The summed E-state index contributed by atoms with van der Waals surface area (Å²) in [7, 11) is -3.67. The molecule has 0 unspecified atom stereocenters. The maximum absolute atomic E-state index is 12.3. The third kappa shape index (κ3) is 3.63. The van der Waals surface area contributed by atoms with Crippen molar-refractivity contribution in [3.63, 3.8) is 0 Å². The van der Waals surface area contributed by atoms with E-state index in [0.29, 0.717) is 10.2 Å². The van der Waals surface area contributed by atoms with E-state index in [0.717, 1.165) is 11.3 Å². The molecule has 0 atom stereocenters. The molecule has 0 saturated heterocycles. The molecule has 1 aromatic heterocycles. The van der Waals surface area contributed by atoms with Gasteiger partial charge in [-0.15, -0.1) is 11.3 Å². The Morgan fingerprint density at radius 1 is 1.33 bits per heavy atom. The maximum Gasteiger partial charge on any atom is 0.335 e. The van der Waals surface area contributed by atoms with E-state index in [4.69, 9.17) is 5.11 Å². The Bertz CT molecular complexity index is 783. The lowest BCUT2D eigenvalue weighted by Gasteiger charge is -2.09. The Balaban J connectivity index is 2.30. The number of carboxylic acids is 1. The number of aryl methyl sites for hydroxylation is 1. The highest BCUT2D eigenvalue weighted by atomic mass is 79.9. The molecule has 2 rings (SSSR count). The van der Waals surface area contributed by atoms with Gasteiger partial charge in [0, 0.05) is 9.35 Å². The highest BCUT2D eigenvalue weighted by Crippen LogP contribution is 2.28. The second-order valence-corrected chi connectivity index (χ2v) is 8.11. The van der Waals surface area contributed by atoms with Gasteiger partial charge in [-0.3, -0.25) is 4.72 Å². The van der Waals surface area contributed by atoms with Crippen LogP contribution < -0.4 is 4.72 Å². The third-order valence-electron chi connectivity index (χ3n) is 2.71. The molecule has 112 valence electrons. The zero-order valence-corrected chi connectivity index (χ0v) is 14.2. The van der Waals surface area contributed by atoms with Gasteiger partial charge in [0.15, 0.2) is 0 Å². The molecule has 8 heteroatoms. The smallest absolute Gasteiger partial charge is 0.335 e. The molecule has 0 fully saturated rings. The number of sulfonamides is 1. The van der Waals surface area contributed by atoms with Crippen molar-refractivity contribution in [2.24, 2.45) is 0 Å². The van der Waals surface area contributed by atoms with Gasteiger partial charge in [0.05, 0.1) is 11.3 Å². The van der Waals surface area contributed by atoms with Gasteiger partial charge in [0.25, 0.3) is 10.0 Å². The van der Waals surface area contributed by atoms with Gasteiger partial charge < -0.3 is 5.11 Å². The van der Waals surface area contributed by atoms with Crippen LogP contribution in [0.5, 0.6) is 0 Å². The molecular formula is C13H12BrNO4S2. The molecule has 0 aliphatic heterocycles. The highest BCUT2D eigenvalue weighted by Gasteiger charge is 2.18. The van der Waals surface area contributed by atoms with Gasteiger partial charge in [-0.2, -0.15) is 0 Å². The van der Waals surface area contributed by atoms with Crippen molar-refractivity contribution in [1.82, 2.24) is 0 Å². The van der Waals surface area contributed by atoms with Crippen LogP contribution in [0.25, 0.3) is 0 Å². The lowest BCUT2D eigenvalue weighted by molar-refractivity contribution is 0.0697. The van der Waals surface area contributed by atoms with Crippen LogP contribution in [0.3, 0.4) is 0 Å². The van der Waals surface area contributed by atoms with Gasteiger partial charge in [-0.05, 0) is 52.7 Å². The monoisotopic (exact) mass is 389 g/mol. The van der Waals surface area contributed by atoms with E-state index in [2.05, 4.69) is 20.7 Å². The second kappa shape index (κ2) is 6.17. The normalized spacial score (nSPS) is 11.3. The summed E-state index contributed by atoms with van der Waals surface area (Å²) >= 11 is 4.39. The first-order valence-corrected chi connectivity index (χ1v) is 9.07. The van der Waals surface area contributed by atoms with Crippen molar-refractivity contribution >= 4 is 48.9 Å². The zero-order valence-electron chi connectivity index (χ0n) is 11.0. The largest absolute Gasteiger partial charge is 0.478 e. The van der Waals surface area contributed by atoms with E-state index in [1.807, 2.05) is 6.92 Å². The molecule has 0 spiro atoms. The van der Waals surface area contributed by atoms with Crippen molar-refractivity contribution < 1.29 is 18.3 Å². The van der Waals surface area contributed by atoms with E-state index in [9.17, 15) is 13.2 Å². The van der Waals surface area contributed by atoms with Crippen molar-refractivity contribution in [3.8, 4) is 0 Å². The number of carbonyl (C=O) groups is 1. The Kier molecular flexibility index (Phi) is 4.70. The van der Waals surface area contributed by atoms with Crippen molar-refractivity contribution in [2.75, 3.05) is 4.72 Å². The van der Waals surface area contributed by atoms with Crippen LogP contribution in [0.1, 0.15) is 22.2 Å². The zero-order chi connectivity index (χ0) is 15.6. The van der Waals surface area contributed by atoms with Gasteiger partial charge in [0.2, 0.25) is 0 Å². The number of hydrogen-bond donors (Lipinski definition) is 2. The van der Waals surface area contributed by atoms with Crippen LogP contribution in [-0.2, 0) is 16.4 Å². The first-order chi connectivity index (χ1) is 9.83. The van der Waals surface area contributed by atoms with Crippen molar-refractivity contribution in [1.29, 1.82) is 0 Å². The highest BCUT2D eigenvalue weighted by molar-refractivity contribution is 9.10. The van der Waals surface area contributed by atoms with Crippen molar-refractivity contribution in [2.45, 2.75) is 17.6 Å². The van der Waals surface area contributed by atoms with Gasteiger partial charge in [-0.1, -0.05) is 6.92 Å². The van der Waals surface area contributed by atoms with Gasteiger partial charge in [0.1, 0.15) is 4.21 Å². The minimum Gasteiger partial charge on any atom is -0.478 e. The molecule has 1 heterocycles. The minimum atomic E-state index is -3.67. The number of nitrogens with one attached hydrogen (secondary N) is 1. The van der Waals surface area contributed by atoms with Gasteiger partial charge >= 0.3 is 5.97 Å². The molecule has 0 amide bonds. The van der Waals surface area contributed by atoms with E-state index < -0.39 is 16.0 Å². The minimum absolute atomic E-state index is 0.0780. The van der Waals surface area contributed by atoms with E-state index in [-0.39, 0.29) is 9.77 Å². The molecule has 5 nitrogen and oxygen atoms in total. The lowest BCUT2D eigenvalue weighted by Crippen LogP contribution is -2.12. The average Bonchev–Trinajstić information content (AvgIpc) is 2.90. The van der Waals surface area contributed by atoms with E-state index >= 15 is 0 Å². The number of aromatic carboxylic acids is 1. The third-order valence-corrected chi connectivity index (χ3v) is 6.45. The summed E-state index contributed by atoms with van der Waals surface area (Å²) in [6, 6.07) is 7.45. The maximum atomic E-state index is 12.3. The fourth-order valence-electron chi connectivity index (χ4n) is 1.62. The van der Waals surface area contributed by atoms with E-state index in [1.54, 1.807) is 12.1 Å². The van der Waals surface area contributed by atoms with Crippen LogP contribution in [0.4, 0.5) is 5.69 Å². The topological polar surface area (TPSA) is 83.5 Å². The first kappa shape index (κ1) is 16.0. The number of thiophene rings is 1. The summed E-state index contributed by atoms with van der Waals surface area (Å²) in [5, 5.41) is 8.88. The number of rotatable bonds is 5. The SMILES string of the molecule is CCc1ccc(S(=O)(=O)Nc2ccc(C(=O)O)cc2Br)s1. The Hall–Kier alpha value is -1.38. The summed E-state index contributed by atoms with van der Waals surface area (Å²) in [5.41, 5.74) is 0.376. The summed E-state index contributed by atoms with van der Waals surface area (Å²) in [4.78, 5) is 11.8. The molecule has 0 bridgehead atoms. The van der Waals surface area contributed by atoms with Crippen LogP contribution in [-0.4, -0.2) is 19.5 Å². The van der Waals surface area contributed by atoms with Crippen LogP contribution >= 0.6 is 27.3 Å². The van der Waals surface area contributed by atoms with Crippen LogP contribution in [0.2, 0.25) is 0 Å². The molecule has 0 saturated carbocycles. The van der Waals surface area contributed by atoms with Crippen LogP contribution in [0.15, 0.2) is 39.0 Å². The van der Waals surface area contributed by atoms with Crippen molar-refractivity contribution in [3.05, 3.63) is 45.2 Å². The molecule has 0 aliphatic carbocycles. The average molecular weight is 390 g/mol. The summed E-state index contributed by atoms with van der Waals surface area (Å²) in [5.74, 6) is -1.07. The predicted molar refractivity (Wildman–Crippen MR) is 85.6 cm³/mol. The number of benzene rings is 1. The summed E-state index contributed by atoms with van der Waals surface area (Å²) in [6.07, 6.45) is 0.775. The Morgan fingerprint density at radius 2 is 2.05 bits per heavy atom. The van der Waals surface area contributed by atoms with Gasteiger partial charge in [-0.25, -0.2) is 13.2 Å². The second-order valence-electron chi connectivity index (χ2n) is 4.18. The molecule has 0 radical (unpaired) electrons. The molecule has 1 aromatic carbocycles. The molecule has 2 aromatic rings. The number of hydrogen-bond acceptors (Lipinski definition) is 4. The first-order valence-electron chi connectivity index (χ1n) is 5.98. The number of halogens is 1. The van der Waals surface area contributed by atoms with E-state index in [1.165, 1.54) is 29.5 Å².